The minimum atomic E-state index is -0.0434. The van der Waals surface area contributed by atoms with Crippen LogP contribution in [0.15, 0.2) is 33.5 Å². The van der Waals surface area contributed by atoms with Crippen molar-refractivity contribution < 1.29 is 0 Å². The van der Waals surface area contributed by atoms with Crippen molar-refractivity contribution in [1.82, 2.24) is 9.97 Å². The van der Waals surface area contributed by atoms with E-state index in [2.05, 4.69) is 25.9 Å². The summed E-state index contributed by atoms with van der Waals surface area (Å²) in [6, 6.07) is 7.69. The molecule has 0 radical (unpaired) electrons. The molecule has 3 rings (SSSR count). The molecule has 0 bridgehead atoms. The summed E-state index contributed by atoms with van der Waals surface area (Å²) in [6.45, 7) is 2.03. The van der Waals surface area contributed by atoms with Crippen molar-refractivity contribution in [3.63, 3.8) is 0 Å². The van der Waals surface area contributed by atoms with Crippen molar-refractivity contribution in [2.75, 3.05) is 0 Å². The highest BCUT2D eigenvalue weighted by molar-refractivity contribution is 9.10. The van der Waals surface area contributed by atoms with Crippen molar-refractivity contribution in [3.8, 4) is 0 Å². The van der Waals surface area contributed by atoms with E-state index in [4.69, 9.17) is 0 Å². The molecule has 2 aromatic heterocycles. The maximum absolute atomic E-state index is 11.6. The van der Waals surface area contributed by atoms with Gasteiger partial charge in [-0.25, -0.2) is 0 Å². The van der Waals surface area contributed by atoms with Crippen molar-refractivity contribution in [2.24, 2.45) is 0 Å². The fraction of sp³-hybridized carbons (Fsp3) is 0.154. The Bertz CT molecular complexity index is 770. The molecule has 0 atom stereocenters. The molecule has 0 saturated carbocycles. The summed E-state index contributed by atoms with van der Waals surface area (Å²) >= 11 is 3.45. The molecule has 3 nitrogen and oxygen atoms in total. The molecule has 1 aromatic carbocycles. The van der Waals surface area contributed by atoms with E-state index in [1.165, 1.54) is 0 Å². The normalized spacial score (nSPS) is 11.4. The van der Waals surface area contributed by atoms with Crippen LogP contribution < -0.4 is 5.56 Å². The molecule has 0 saturated heterocycles. The number of benzene rings is 1. The fourth-order valence-electron chi connectivity index (χ4n) is 2.22. The summed E-state index contributed by atoms with van der Waals surface area (Å²) in [5.74, 6) is 0. The average molecular weight is 291 g/mol. The third kappa shape index (κ3) is 1.60. The lowest BCUT2D eigenvalue weighted by Gasteiger charge is -1.98. The monoisotopic (exact) mass is 290 g/mol. The number of aromatic nitrogens is 2. The van der Waals surface area contributed by atoms with E-state index in [1.54, 1.807) is 6.07 Å². The number of pyridine rings is 1. The molecule has 0 aliphatic carbocycles. The summed E-state index contributed by atoms with van der Waals surface area (Å²) in [4.78, 5) is 17.8. The predicted molar refractivity (Wildman–Crippen MR) is 73.5 cm³/mol. The molecule has 0 aliphatic heterocycles. The van der Waals surface area contributed by atoms with Crippen LogP contribution in [0.5, 0.6) is 0 Å². The van der Waals surface area contributed by atoms with Crippen LogP contribution >= 0.6 is 15.9 Å². The summed E-state index contributed by atoms with van der Waals surface area (Å²) in [5.41, 5.74) is 2.99. The van der Waals surface area contributed by atoms with Gasteiger partial charge in [-0.1, -0.05) is 28.9 Å². The molecule has 2 N–H and O–H groups in total. The van der Waals surface area contributed by atoms with Gasteiger partial charge >= 0.3 is 0 Å². The van der Waals surface area contributed by atoms with Crippen LogP contribution in [0.25, 0.3) is 21.8 Å². The van der Waals surface area contributed by atoms with Gasteiger partial charge in [-0.15, -0.1) is 0 Å². The van der Waals surface area contributed by atoms with Crippen LogP contribution in [0.2, 0.25) is 0 Å². The molecule has 2 heterocycles. The molecule has 0 unspecified atom stereocenters. The maximum Gasteiger partial charge on any atom is 0.248 e. The Morgan fingerprint density at radius 2 is 2.00 bits per heavy atom. The van der Waals surface area contributed by atoms with Crippen molar-refractivity contribution in [2.45, 2.75) is 13.3 Å². The number of hydrogen-bond acceptors (Lipinski definition) is 1. The highest BCUT2D eigenvalue weighted by atomic mass is 79.9. The Morgan fingerprint density at radius 3 is 2.76 bits per heavy atom. The summed E-state index contributed by atoms with van der Waals surface area (Å²) in [5, 5.41) is 2.08. The zero-order valence-corrected chi connectivity index (χ0v) is 10.9. The molecule has 0 fully saturated rings. The molecule has 3 aromatic rings. The molecule has 4 heteroatoms. The lowest BCUT2D eigenvalue weighted by Crippen LogP contribution is -2.06. The Balaban J connectivity index is 2.55. The smallest absolute Gasteiger partial charge is 0.248 e. The van der Waals surface area contributed by atoms with E-state index in [1.807, 2.05) is 25.1 Å². The minimum Gasteiger partial charge on any atom is -0.353 e. The van der Waals surface area contributed by atoms with Gasteiger partial charge in [-0.2, -0.15) is 0 Å². The lowest BCUT2D eigenvalue weighted by atomic mass is 10.1. The largest absolute Gasteiger partial charge is 0.353 e. The third-order valence-electron chi connectivity index (χ3n) is 3.01. The number of H-pyrrole nitrogens is 2. The highest BCUT2D eigenvalue weighted by Gasteiger charge is 2.08. The van der Waals surface area contributed by atoms with Gasteiger partial charge in [-0.3, -0.25) is 4.79 Å². The average Bonchev–Trinajstić information content (AvgIpc) is 2.65. The molecule has 86 valence electrons. The quantitative estimate of drug-likeness (QED) is 0.710. The van der Waals surface area contributed by atoms with Crippen molar-refractivity contribution in [1.29, 1.82) is 0 Å². The van der Waals surface area contributed by atoms with E-state index < -0.39 is 0 Å². The first-order valence-corrected chi connectivity index (χ1v) is 6.31. The molecular formula is C13H11BrN2O. The summed E-state index contributed by atoms with van der Waals surface area (Å²) in [6.07, 6.45) is 0.806. The Morgan fingerprint density at radius 1 is 1.18 bits per heavy atom. The minimum absolute atomic E-state index is 0.0434. The van der Waals surface area contributed by atoms with Crippen molar-refractivity contribution >= 4 is 37.7 Å². The summed E-state index contributed by atoms with van der Waals surface area (Å²) in [7, 11) is 0. The van der Waals surface area contributed by atoms with Gasteiger partial charge in [0.15, 0.2) is 0 Å². The Kier molecular flexibility index (Phi) is 2.33. The SMILES string of the molecule is CCc1[nH]c(=O)cc2c1[nH]c1cc(Br)ccc12. The Labute approximate surface area is 106 Å². The van der Waals surface area contributed by atoms with Crippen LogP contribution in [0.1, 0.15) is 12.6 Å². The van der Waals surface area contributed by atoms with Gasteiger partial charge in [0.25, 0.3) is 0 Å². The second-order valence-electron chi connectivity index (χ2n) is 4.07. The highest BCUT2D eigenvalue weighted by Crippen LogP contribution is 2.27. The first-order chi connectivity index (χ1) is 8.19. The van der Waals surface area contributed by atoms with Gasteiger partial charge in [-0.05, 0) is 18.6 Å². The number of halogens is 1. The van der Waals surface area contributed by atoms with Crippen LogP contribution in [0, 0.1) is 0 Å². The molecule has 0 spiro atoms. The van der Waals surface area contributed by atoms with Crippen LogP contribution in [0.4, 0.5) is 0 Å². The van der Waals surface area contributed by atoms with E-state index in [0.717, 1.165) is 38.4 Å². The first kappa shape index (κ1) is 10.6. The van der Waals surface area contributed by atoms with E-state index in [9.17, 15) is 4.79 Å². The summed E-state index contributed by atoms with van der Waals surface area (Å²) < 4.78 is 1.03. The second kappa shape index (κ2) is 3.74. The zero-order valence-electron chi connectivity index (χ0n) is 9.30. The Hall–Kier alpha value is -1.55. The fourth-order valence-corrected chi connectivity index (χ4v) is 2.58. The molecular weight excluding hydrogens is 280 g/mol. The number of hydrogen-bond donors (Lipinski definition) is 2. The van der Waals surface area contributed by atoms with E-state index in [0.29, 0.717) is 0 Å². The number of fused-ring (bicyclic) bond motifs is 3. The van der Waals surface area contributed by atoms with Crippen LogP contribution in [-0.2, 0) is 6.42 Å². The van der Waals surface area contributed by atoms with Gasteiger partial charge in [0.2, 0.25) is 5.56 Å². The molecule has 0 aliphatic rings. The van der Waals surface area contributed by atoms with Crippen LogP contribution in [0.3, 0.4) is 0 Å². The standard InChI is InChI=1S/C13H11BrN2O/c1-2-10-13-9(6-12(17)15-10)8-4-3-7(14)5-11(8)16-13/h3-6,16H,2H2,1H3,(H,15,17). The van der Waals surface area contributed by atoms with Gasteiger partial charge in [0, 0.05) is 32.5 Å². The number of aromatic amines is 2. The topological polar surface area (TPSA) is 48.6 Å². The predicted octanol–water partition coefficient (Wildman–Crippen LogP) is 3.33. The van der Waals surface area contributed by atoms with Crippen molar-refractivity contribution in [3.05, 3.63) is 44.8 Å². The lowest BCUT2D eigenvalue weighted by molar-refractivity contribution is 1.03. The van der Waals surface area contributed by atoms with Gasteiger partial charge < -0.3 is 9.97 Å². The zero-order chi connectivity index (χ0) is 12.0. The molecule has 0 amide bonds. The third-order valence-corrected chi connectivity index (χ3v) is 3.50. The number of nitrogens with one attached hydrogen (secondary N) is 2. The number of rotatable bonds is 1. The maximum atomic E-state index is 11.6. The number of aryl methyl sites for hydroxylation is 1. The second-order valence-corrected chi connectivity index (χ2v) is 4.98. The first-order valence-electron chi connectivity index (χ1n) is 5.52. The van der Waals surface area contributed by atoms with E-state index in [-0.39, 0.29) is 5.56 Å². The molecule has 17 heavy (non-hydrogen) atoms. The van der Waals surface area contributed by atoms with Gasteiger partial charge in [0.05, 0.1) is 5.52 Å². The van der Waals surface area contributed by atoms with Gasteiger partial charge in [0.1, 0.15) is 0 Å². The van der Waals surface area contributed by atoms with E-state index >= 15 is 0 Å². The van der Waals surface area contributed by atoms with Crippen LogP contribution in [-0.4, -0.2) is 9.97 Å².